The molecule has 20 heteroatoms. The van der Waals surface area contributed by atoms with Crippen molar-refractivity contribution in [3.63, 3.8) is 0 Å². The molecule has 12 rings (SSSR count). The Bertz CT molecular complexity index is 3570. The first-order chi connectivity index (χ1) is 49.2. The average molecular weight is 1380 g/mol. The SMILES string of the molecule is CC.Cc1cncc(NC(=O)C(=O)N2CC(C)CCC2c2ccccc2)c1.Cc1cncc(NC(=O)C(=O)N2CC(C)CCC2c2ccccc2)c1.Cc1cncc(NC(=O)C(=O)N2C[C@@H](C)CC[C@H]2c2ccccc2)c1.Cc1cncc(NC(=O)C(=O)N2C[C@H](C)CC[C@H]2c2ccccc2)c1. The minimum Gasteiger partial charge on any atom is -0.327 e. The van der Waals surface area contributed by atoms with Crippen molar-refractivity contribution >= 4 is 70.0 Å². The molecule has 102 heavy (non-hydrogen) atoms. The lowest BCUT2D eigenvalue weighted by atomic mass is 9.90. The van der Waals surface area contributed by atoms with Crippen LogP contribution in [-0.4, -0.2) is 113 Å². The highest BCUT2D eigenvalue weighted by Gasteiger charge is 2.38. The minimum absolute atomic E-state index is 0.0497. The molecule has 4 fully saturated rings. The molecule has 0 saturated carbocycles. The zero-order valence-corrected chi connectivity index (χ0v) is 60.4. The molecule has 4 aromatic carbocycles. The molecule has 4 aromatic heterocycles. The fourth-order valence-corrected chi connectivity index (χ4v) is 13.3. The number of anilines is 4. The number of hydrogen-bond acceptors (Lipinski definition) is 12. The monoisotopic (exact) mass is 1380 g/mol. The van der Waals surface area contributed by atoms with E-state index in [1.54, 1.807) is 93.4 Å². The molecule has 8 heterocycles. The summed E-state index contributed by atoms with van der Waals surface area (Å²) in [7, 11) is 0. The second kappa shape index (κ2) is 38.2. The van der Waals surface area contributed by atoms with Crippen LogP contribution < -0.4 is 21.3 Å². The predicted molar refractivity (Wildman–Crippen MR) is 399 cm³/mol. The topological polar surface area (TPSA) is 249 Å². The lowest BCUT2D eigenvalue weighted by Crippen LogP contribution is -2.46. The number of pyridine rings is 4. The van der Waals surface area contributed by atoms with E-state index in [0.29, 0.717) is 72.6 Å². The molecule has 0 aliphatic carbocycles. The Balaban J connectivity index is 0.000000171. The van der Waals surface area contributed by atoms with Crippen LogP contribution in [0, 0.1) is 51.4 Å². The molecule has 4 aliphatic rings. The van der Waals surface area contributed by atoms with Crippen molar-refractivity contribution in [2.75, 3.05) is 47.4 Å². The highest BCUT2D eigenvalue weighted by atomic mass is 16.2. The molecule has 8 aromatic rings. The maximum Gasteiger partial charge on any atom is 0.313 e. The largest absolute Gasteiger partial charge is 0.327 e. The zero-order valence-electron chi connectivity index (χ0n) is 60.4. The van der Waals surface area contributed by atoms with E-state index in [2.05, 4.69) is 68.9 Å². The fourth-order valence-electron chi connectivity index (χ4n) is 13.3. The Morgan fingerprint density at radius 1 is 0.294 bits per heavy atom. The summed E-state index contributed by atoms with van der Waals surface area (Å²) in [5.41, 5.74) is 10.2. The summed E-state index contributed by atoms with van der Waals surface area (Å²) in [5.74, 6) is -2.83. The van der Waals surface area contributed by atoms with Gasteiger partial charge in [0.2, 0.25) is 0 Å². The van der Waals surface area contributed by atoms with Gasteiger partial charge < -0.3 is 40.9 Å². The maximum absolute atomic E-state index is 12.8. The van der Waals surface area contributed by atoms with Gasteiger partial charge >= 0.3 is 47.3 Å². The lowest BCUT2D eigenvalue weighted by Gasteiger charge is -2.38. The number of benzene rings is 4. The fraction of sp³-hybridized carbons (Fsp3) is 0.366. The third-order valence-electron chi connectivity index (χ3n) is 18.4. The van der Waals surface area contributed by atoms with Gasteiger partial charge in [0.05, 0.1) is 71.7 Å². The summed E-state index contributed by atoms with van der Waals surface area (Å²) in [4.78, 5) is 124. The third-order valence-corrected chi connectivity index (χ3v) is 18.4. The molecule has 8 atom stereocenters. The quantitative estimate of drug-likeness (QED) is 0.104. The first kappa shape index (κ1) is 77.0. The Kier molecular flexibility index (Phi) is 28.8. The van der Waals surface area contributed by atoms with Gasteiger partial charge in [-0.05, 0) is 172 Å². The highest BCUT2D eigenvalue weighted by Crippen LogP contribution is 2.37. The molecule has 4 aliphatic heterocycles. The van der Waals surface area contributed by atoms with Gasteiger partial charge in [0.25, 0.3) is 0 Å². The number of aryl methyl sites for hydroxylation is 4. The molecular weight excluding hydrogens is 1280 g/mol. The smallest absolute Gasteiger partial charge is 0.313 e. The van der Waals surface area contributed by atoms with Crippen LogP contribution in [0.1, 0.15) is 162 Å². The van der Waals surface area contributed by atoms with Crippen LogP contribution in [0.25, 0.3) is 0 Å². The number of amides is 8. The molecule has 4 saturated heterocycles. The van der Waals surface area contributed by atoms with E-state index in [-0.39, 0.29) is 24.2 Å². The molecular formula is C82H98N12O8. The van der Waals surface area contributed by atoms with Crippen molar-refractivity contribution in [2.24, 2.45) is 23.7 Å². The van der Waals surface area contributed by atoms with Crippen LogP contribution in [-0.2, 0) is 38.4 Å². The van der Waals surface area contributed by atoms with Crippen molar-refractivity contribution in [2.45, 2.75) is 145 Å². The first-order valence-corrected chi connectivity index (χ1v) is 35.5. The van der Waals surface area contributed by atoms with Gasteiger partial charge in [-0.3, -0.25) is 58.3 Å². The highest BCUT2D eigenvalue weighted by molar-refractivity contribution is 6.41. The van der Waals surface area contributed by atoms with Gasteiger partial charge in [-0.25, -0.2) is 0 Å². The molecule has 0 radical (unpaired) electrons. The van der Waals surface area contributed by atoms with Crippen LogP contribution in [0.5, 0.6) is 0 Å². The van der Waals surface area contributed by atoms with Crippen molar-refractivity contribution in [3.8, 4) is 0 Å². The number of aromatic nitrogens is 4. The summed E-state index contributed by atoms with van der Waals surface area (Å²) in [6, 6.07) is 46.7. The van der Waals surface area contributed by atoms with Crippen LogP contribution in [0.4, 0.5) is 22.7 Å². The molecule has 534 valence electrons. The number of nitrogens with one attached hydrogen (secondary N) is 4. The van der Waals surface area contributed by atoms with Crippen molar-refractivity contribution < 1.29 is 38.4 Å². The Labute approximate surface area is 600 Å². The van der Waals surface area contributed by atoms with Gasteiger partial charge in [0.1, 0.15) is 0 Å². The summed E-state index contributed by atoms with van der Waals surface area (Å²) in [5, 5.41) is 10.7. The zero-order chi connectivity index (χ0) is 73.2. The number of carbonyl (C=O) groups is 8. The van der Waals surface area contributed by atoms with Crippen molar-refractivity contribution in [1.29, 1.82) is 0 Å². The Morgan fingerprint density at radius 2 is 0.480 bits per heavy atom. The molecule has 4 unspecified atom stereocenters. The average Bonchev–Trinajstić information content (AvgIpc) is 0.828. The predicted octanol–water partition coefficient (Wildman–Crippen LogP) is 14.3. The van der Waals surface area contributed by atoms with Crippen LogP contribution in [0.2, 0.25) is 0 Å². The molecule has 4 N–H and O–H groups in total. The second-order valence-corrected chi connectivity index (χ2v) is 27.1. The van der Waals surface area contributed by atoms with E-state index < -0.39 is 47.3 Å². The summed E-state index contributed by atoms with van der Waals surface area (Å²) < 4.78 is 0. The molecule has 20 nitrogen and oxygen atoms in total. The van der Waals surface area contributed by atoms with Crippen molar-refractivity contribution in [1.82, 2.24) is 39.5 Å². The Morgan fingerprint density at radius 3 is 0.657 bits per heavy atom. The molecule has 8 amide bonds. The van der Waals surface area contributed by atoms with Crippen LogP contribution >= 0.6 is 0 Å². The van der Waals surface area contributed by atoms with Crippen LogP contribution in [0.3, 0.4) is 0 Å². The van der Waals surface area contributed by atoms with E-state index in [1.807, 2.05) is 163 Å². The van der Waals surface area contributed by atoms with E-state index in [4.69, 9.17) is 0 Å². The molecule has 0 bridgehead atoms. The summed E-state index contributed by atoms with van der Waals surface area (Å²) >= 11 is 0. The number of carbonyl (C=O) groups excluding carboxylic acids is 8. The normalized spacial score (nSPS) is 19.8. The minimum atomic E-state index is -0.609. The van der Waals surface area contributed by atoms with E-state index in [0.717, 1.165) is 95.9 Å². The second-order valence-electron chi connectivity index (χ2n) is 27.1. The molecule has 0 spiro atoms. The maximum atomic E-state index is 12.8. The van der Waals surface area contributed by atoms with Crippen molar-refractivity contribution in [3.05, 3.63) is 240 Å². The number of likely N-dealkylation sites (tertiary alicyclic amines) is 4. The van der Waals surface area contributed by atoms with E-state index in [9.17, 15) is 38.4 Å². The van der Waals surface area contributed by atoms with E-state index in [1.165, 1.54) is 0 Å². The van der Waals surface area contributed by atoms with Gasteiger partial charge in [-0.2, -0.15) is 0 Å². The van der Waals surface area contributed by atoms with E-state index >= 15 is 0 Å². The number of rotatable bonds is 8. The Hall–Kier alpha value is -10.8. The third kappa shape index (κ3) is 22.1. The summed E-state index contributed by atoms with van der Waals surface area (Å²) in [6.07, 6.45) is 20.7. The number of piperidine rings is 4. The summed E-state index contributed by atoms with van der Waals surface area (Å²) in [6.45, 7) is 22.4. The van der Waals surface area contributed by atoms with Crippen LogP contribution in [0.15, 0.2) is 195 Å². The van der Waals surface area contributed by atoms with Gasteiger partial charge in [-0.15, -0.1) is 0 Å². The van der Waals surface area contributed by atoms with Gasteiger partial charge in [0, 0.05) is 51.0 Å². The standard InChI is InChI=1S/4C20H23N3O2.C2H6/c4*1-14-8-9-18(16-6-4-3-5-7-16)23(13-14)20(25)19(24)22-17-10-15(2)11-21-12-17;1-2/h4*3-7,10-12,14,18H,8-9,13H2,1-2H3,(H,22,24);1-2H3/t14-,18+;14-,18-;;;/m10.../s1. The number of hydrogen-bond donors (Lipinski definition) is 4. The lowest BCUT2D eigenvalue weighted by molar-refractivity contribution is -0.146. The van der Waals surface area contributed by atoms with Gasteiger partial charge in [0.15, 0.2) is 0 Å². The first-order valence-electron chi connectivity index (χ1n) is 35.5. The number of nitrogens with zero attached hydrogens (tertiary/aromatic N) is 8. The van der Waals surface area contributed by atoms with Gasteiger partial charge in [-0.1, -0.05) is 163 Å².